The van der Waals surface area contributed by atoms with Crippen molar-refractivity contribution in [3.8, 4) is 11.3 Å². The predicted molar refractivity (Wildman–Crippen MR) is 73.4 cm³/mol. The highest BCUT2D eigenvalue weighted by atomic mass is 19.1. The lowest BCUT2D eigenvalue weighted by atomic mass is 10.0. The number of aromatic nitrogens is 2. The molecule has 0 spiro atoms. The predicted octanol–water partition coefficient (Wildman–Crippen LogP) is 4.42. The molecule has 2 nitrogen and oxygen atoms in total. The van der Waals surface area contributed by atoms with Gasteiger partial charge >= 0.3 is 0 Å². The lowest BCUT2D eigenvalue weighted by molar-refractivity contribution is 0.587. The van der Waals surface area contributed by atoms with Gasteiger partial charge in [-0.1, -0.05) is 19.9 Å². The van der Waals surface area contributed by atoms with Crippen molar-refractivity contribution >= 4 is 0 Å². The molecule has 1 aliphatic rings. The summed E-state index contributed by atoms with van der Waals surface area (Å²) in [5.41, 5.74) is 2.25. The fraction of sp³-hybridized carbons (Fsp3) is 0.375. The summed E-state index contributed by atoms with van der Waals surface area (Å²) in [5, 5.41) is 8.28. The van der Waals surface area contributed by atoms with Gasteiger partial charge in [0.25, 0.3) is 0 Å². The van der Waals surface area contributed by atoms with E-state index in [1.807, 2.05) is 0 Å². The molecule has 3 rings (SSSR count). The number of rotatable bonds is 2. The largest absolute Gasteiger partial charge is 0.206 e. The van der Waals surface area contributed by atoms with Gasteiger partial charge in [-0.05, 0) is 42.5 Å². The second-order valence-corrected chi connectivity index (χ2v) is 5.41. The van der Waals surface area contributed by atoms with E-state index < -0.39 is 11.6 Å². The normalized spacial score (nSPS) is 21.0. The van der Waals surface area contributed by atoms with Gasteiger partial charge in [-0.3, -0.25) is 0 Å². The van der Waals surface area contributed by atoms with Crippen LogP contribution in [0.1, 0.15) is 49.8 Å². The van der Waals surface area contributed by atoms with Gasteiger partial charge in [0, 0.05) is 5.92 Å². The maximum atomic E-state index is 13.8. The van der Waals surface area contributed by atoms with Crippen molar-refractivity contribution in [2.75, 3.05) is 0 Å². The van der Waals surface area contributed by atoms with Crippen molar-refractivity contribution in [2.24, 2.45) is 0 Å². The fourth-order valence-corrected chi connectivity index (χ4v) is 3.02. The topological polar surface area (TPSA) is 25.8 Å². The van der Waals surface area contributed by atoms with Gasteiger partial charge in [0.1, 0.15) is 11.6 Å². The Labute approximate surface area is 116 Å². The maximum Gasteiger partial charge on any atom is 0.135 e. The second-order valence-electron chi connectivity index (χ2n) is 5.41. The Morgan fingerprint density at radius 2 is 1.90 bits per heavy atom. The van der Waals surface area contributed by atoms with Gasteiger partial charge in [0.15, 0.2) is 0 Å². The zero-order chi connectivity index (χ0) is 14.3. The van der Waals surface area contributed by atoms with E-state index >= 15 is 0 Å². The Kier molecular flexibility index (Phi) is 3.24. The van der Waals surface area contributed by atoms with Crippen molar-refractivity contribution in [1.82, 2.24) is 10.2 Å². The minimum Gasteiger partial charge on any atom is -0.206 e. The molecule has 0 amide bonds. The summed E-state index contributed by atoms with van der Waals surface area (Å²) in [4.78, 5) is 0. The summed E-state index contributed by atoms with van der Waals surface area (Å²) in [5.74, 6) is -0.431. The van der Waals surface area contributed by atoms with Gasteiger partial charge in [-0.15, -0.1) is 0 Å². The van der Waals surface area contributed by atoms with Crippen molar-refractivity contribution < 1.29 is 8.78 Å². The highest BCUT2D eigenvalue weighted by molar-refractivity contribution is 5.61. The van der Waals surface area contributed by atoms with Crippen molar-refractivity contribution in [3.05, 3.63) is 47.2 Å². The fourth-order valence-electron chi connectivity index (χ4n) is 3.02. The van der Waals surface area contributed by atoms with Crippen LogP contribution in [0, 0.1) is 11.6 Å². The monoisotopic (exact) mass is 274 g/mol. The summed E-state index contributed by atoms with van der Waals surface area (Å²) < 4.78 is 27.6. The molecular weight excluding hydrogens is 258 g/mol. The van der Waals surface area contributed by atoms with Crippen molar-refractivity contribution in [3.63, 3.8) is 0 Å². The van der Waals surface area contributed by atoms with Gasteiger partial charge < -0.3 is 0 Å². The Balaban J connectivity index is 2.12. The molecule has 0 N–H and O–H groups in total. The Bertz CT molecular complexity index is 635. The van der Waals surface area contributed by atoms with E-state index in [1.54, 1.807) is 6.07 Å². The number of benzene rings is 1. The van der Waals surface area contributed by atoms with E-state index in [-0.39, 0.29) is 11.3 Å². The molecule has 0 unspecified atom stereocenters. The standard InChI is InChI=1S/C16H16F2N2/c1-3-10-7-9(2)11-8-14(19-20-16(10)11)15-12(17)5-4-6-13(15)18/h4-6,8-10H,3,7H2,1-2H3/t9-,10-/m0/s1. The summed E-state index contributed by atoms with van der Waals surface area (Å²) >= 11 is 0. The van der Waals surface area contributed by atoms with E-state index in [1.165, 1.54) is 18.2 Å². The molecule has 0 saturated carbocycles. The van der Waals surface area contributed by atoms with Crippen LogP contribution in [0.15, 0.2) is 24.3 Å². The molecule has 1 aromatic heterocycles. The molecule has 1 aliphatic carbocycles. The maximum absolute atomic E-state index is 13.8. The van der Waals surface area contributed by atoms with E-state index in [2.05, 4.69) is 24.0 Å². The van der Waals surface area contributed by atoms with Crippen molar-refractivity contribution in [1.29, 1.82) is 0 Å². The molecule has 0 radical (unpaired) electrons. The second kappa shape index (κ2) is 4.93. The number of fused-ring (bicyclic) bond motifs is 1. The first-order chi connectivity index (χ1) is 9.61. The van der Waals surface area contributed by atoms with Crippen LogP contribution in [0.25, 0.3) is 11.3 Å². The van der Waals surface area contributed by atoms with E-state index in [0.717, 1.165) is 24.1 Å². The molecule has 0 bridgehead atoms. The molecule has 20 heavy (non-hydrogen) atoms. The molecule has 2 aromatic rings. The van der Waals surface area contributed by atoms with Crippen LogP contribution < -0.4 is 0 Å². The summed E-state index contributed by atoms with van der Waals surface area (Å²) in [6, 6.07) is 5.63. The van der Waals surface area contributed by atoms with E-state index in [0.29, 0.717) is 11.8 Å². The lowest BCUT2D eigenvalue weighted by Crippen LogP contribution is -2.01. The summed E-state index contributed by atoms with van der Waals surface area (Å²) in [6.07, 6.45) is 2.04. The smallest absolute Gasteiger partial charge is 0.135 e. The molecule has 2 atom stereocenters. The van der Waals surface area contributed by atoms with Crippen LogP contribution >= 0.6 is 0 Å². The van der Waals surface area contributed by atoms with Crippen LogP contribution in [0.5, 0.6) is 0 Å². The first-order valence-corrected chi connectivity index (χ1v) is 6.93. The number of nitrogens with zero attached hydrogens (tertiary/aromatic N) is 2. The van der Waals surface area contributed by atoms with Gasteiger partial charge in [-0.2, -0.15) is 10.2 Å². The molecular formula is C16H16F2N2. The number of hydrogen-bond acceptors (Lipinski definition) is 2. The lowest BCUT2D eigenvalue weighted by Gasteiger charge is -2.08. The summed E-state index contributed by atoms with van der Waals surface area (Å²) in [6.45, 7) is 4.25. The van der Waals surface area contributed by atoms with Crippen LogP contribution in [0.2, 0.25) is 0 Å². The van der Waals surface area contributed by atoms with Gasteiger partial charge in [0.2, 0.25) is 0 Å². The van der Waals surface area contributed by atoms with Gasteiger partial charge in [-0.25, -0.2) is 8.78 Å². The first-order valence-electron chi connectivity index (χ1n) is 6.93. The average Bonchev–Trinajstić information content (AvgIpc) is 2.75. The van der Waals surface area contributed by atoms with Crippen molar-refractivity contribution in [2.45, 2.75) is 38.5 Å². The highest BCUT2D eigenvalue weighted by Gasteiger charge is 2.30. The molecule has 0 saturated heterocycles. The number of halogens is 2. The first kappa shape index (κ1) is 13.2. The third kappa shape index (κ3) is 1.99. The Morgan fingerprint density at radius 3 is 2.55 bits per heavy atom. The minimum absolute atomic E-state index is 0.0880. The zero-order valence-corrected chi connectivity index (χ0v) is 11.5. The van der Waals surface area contributed by atoms with Crippen LogP contribution in [0.4, 0.5) is 8.78 Å². The van der Waals surface area contributed by atoms with Gasteiger partial charge in [0.05, 0.1) is 17.0 Å². The Hall–Kier alpha value is -1.84. The van der Waals surface area contributed by atoms with E-state index in [4.69, 9.17) is 0 Å². The molecule has 1 heterocycles. The van der Waals surface area contributed by atoms with Crippen LogP contribution in [0.3, 0.4) is 0 Å². The SMILES string of the molecule is CC[C@H]1C[C@H](C)c2cc(-c3c(F)cccc3F)nnc21. The molecule has 104 valence electrons. The van der Waals surface area contributed by atoms with Crippen LogP contribution in [-0.4, -0.2) is 10.2 Å². The summed E-state index contributed by atoms with van der Waals surface area (Å²) in [7, 11) is 0. The molecule has 0 fully saturated rings. The molecule has 4 heteroatoms. The van der Waals surface area contributed by atoms with E-state index in [9.17, 15) is 8.78 Å². The molecule has 1 aromatic carbocycles. The zero-order valence-electron chi connectivity index (χ0n) is 11.5. The van der Waals surface area contributed by atoms with Crippen LogP contribution in [-0.2, 0) is 0 Å². The quantitative estimate of drug-likeness (QED) is 0.810. The third-order valence-electron chi connectivity index (χ3n) is 4.12. The third-order valence-corrected chi connectivity index (χ3v) is 4.12. The highest BCUT2D eigenvalue weighted by Crippen LogP contribution is 2.42. The number of hydrogen-bond donors (Lipinski definition) is 0. The molecule has 0 aliphatic heterocycles. The Morgan fingerprint density at radius 1 is 1.20 bits per heavy atom. The average molecular weight is 274 g/mol. The minimum atomic E-state index is -0.600.